The van der Waals surface area contributed by atoms with E-state index in [4.69, 9.17) is 9.47 Å². The van der Waals surface area contributed by atoms with Crippen LogP contribution in [0.25, 0.3) is 0 Å². The molecule has 0 spiro atoms. The van der Waals surface area contributed by atoms with E-state index in [0.29, 0.717) is 12.5 Å². The van der Waals surface area contributed by atoms with Gasteiger partial charge in [0.15, 0.2) is 6.10 Å². The fourth-order valence-electron chi connectivity index (χ4n) is 5.11. The Kier molecular flexibility index (Phi) is 3.19. The Hall–Kier alpha value is -1.32. The average Bonchev–Trinajstić information content (AvgIpc) is 2.69. The number of rotatable bonds is 1. The Morgan fingerprint density at radius 3 is 2.76 bits per heavy atom. The SMILES string of the molecule is CC(=[OH+])OC1CC(C)(C)C2CC=C3C(=O)OCC3C2(C)C1. The van der Waals surface area contributed by atoms with E-state index in [1.165, 1.54) is 0 Å². The van der Waals surface area contributed by atoms with Crippen molar-refractivity contribution in [3.63, 3.8) is 0 Å². The molecule has 3 rings (SSSR count). The molecular weight excluding hydrogens is 268 g/mol. The topological polar surface area (TPSA) is 56.9 Å². The van der Waals surface area contributed by atoms with Crippen LogP contribution >= 0.6 is 0 Å². The minimum atomic E-state index is -0.148. The van der Waals surface area contributed by atoms with Gasteiger partial charge in [0.1, 0.15) is 0 Å². The molecule has 4 nitrogen and oxygen atoms in total. The van der Waals surface area contributed by atoms with Gasteiger partial charge in [-0.25, -0.2) is 4.79 Å². The van der Waals surface area contributed by atoms with Gasteiger partial charge in [-0.3, -0.25) is 0 Å². The third kappa shape index (κ3) is 2.19. The van der Waals surface area contributed by atoms with E-state index in [-0.39, 0.29) is 34.8 Å². The number of fused-ring (bicyclic) bond motifs is 3. The zero-order valence-corrected chi connectivity index (χ0v) is 13.3. The number of carbonyl (C=O) groups excluding carboxylic acids is 2. The summed E-state index contributed by atoms with van der Waals surface area (Å²) in [6, 6.07) is 0. The van der Waals surface area contributed by atoms with Gasteiger partial charge in [-0.2, -0.15) is 0 Å². The number of hydrogen-bond donors (Lipinski definition) is 0. The van der Waals surface area contributed by atoms with Crippen LogP contribution in [0, 0.1) is 22.7 Å². The Labute approximate surface area is 125 Å². The Morgan fingerprint density at radius 2 is 2.10 bits per heavy atom. The third-order valence-electron chi connectivity index (χ3n) is 5.86. The van der Waals surface area contributed by atoms with Crippen LogP contribution in [0.3, 0.4) is 0 Å². The van der Waals surface area contributed by atoms with Crippen molar-refractivity contribution < 1.29 is 19.1 Å². The van der Waals surface area contributed by atoms with Crippen molar-refractivity contribution >= 4 is 11.9 Å². The summed E-state index contributed by atoms with van der Waals surface area (Å²) < 4.78 is 10.9. The van der Waals surface area contributed by atoms with Crippen LogP contribution in [0.1, 0.15) is 47.0 Å². The van der Waals surface area contributed by atoms with Crippen molar-refractivity contribution in [3.05, 3.63) is 11.6 Å². The molecule has 4 heteroatoms. The zero-order valence-electron chi connectivity index (χ0n) is 13.3. The lowest BCUT2D eigenvalue weighted by Crippen LogP contribution is -2.53. The van der Waals surface area contributed by atoms with Gasteiger partial charge in [0.25, 0.3) is 0 Å². The molecule has 1 N–H and O–H groups in total. The van der Waals surface area contributed by atoms with Crippen LogP contribution in [0.5, 0.6) is 0 Å². The molecule has 0 aromatic carbocycles. The Balaban J connectivity index is 1.96. The van der Waals surface area contributed by atoms with Crippen molar-refractivity contribution in [3.8, 4) is 0 Å². The molecule has 0 radical (unpaired) electrons. The Morgan fingerprint density at radius 1 is 1.38 bits per heavy atom. The van der Waals surface area contributed by atoms with Gasteiger partial charge in [0.05, 0.1) is 13.5 Å². The van der Waals surface area contributed by atoms with E-state index >= 15 is 0 Å². The van der Waals surface area contributed by atoms with Crippen molar-refractivity contribution in [2.75, 3.05) is 6.61 Å². The predicted octanol–water partition coefficient (Wildman–Crippen LogP) is 2.84. The van der Waals surface area contributed by atoms with Crippen molar-refractivity contribution in [2.24, 2.45) is 22.7 Å². The lowest BCUT2D eigenvalue weighted by atomic mass is 9.48. The normalized spacial score (nSPS) is 40.7. The molecule has 1 saturated heterocycles. The van der Waals surface area contributed by atoms with Gasteiger partial charge < -0.3 is 14.3 Å². The van der Waals surface area contributed by atoms with E-state index in [1.807, 2.05) is 0 Å². The lowest BCUT2D eigenvalue weighted by molar-refractivity contribution is -0.135. The highest BCUT2D eigenvalue weighted by atomic mass is 16.5. The molecule has 0 bridgehead atoms. The Bertz CT molecular complexity index is 519. The first-order valence-corrected chi connectivity index (χ1v) is 7.80. The van der Waals surface area contributed by atoms with Crippen LogP contribution in [-0.2, 0) is 14.3 Å². The maximum atomic E-state index is 11.9. The van der Waals surface area contributed by atoms with E-state index in [9.17, 15) is 9.59 Å². The molecule has 4 unspecified atom stereocenters. The highest BCUT2D eigenvalue weighted by Gasteiger charge is 2.59. The second kappa shape index (κ2) is 4.59. The first-order valence-electron chi connectivity index (χ1n) is 7.80. The van der Waals surface area contributed by atoms with E-state index in [2.05, 4.69) is 26.8 Å². The van der Waals surface area contributed by atoms with Crippen LogP contribution in [0.2, 0.25) is 0 Å². The molecule has 21 heavy (non-hydrogen) atoms. The summed E-state index contributed by atoms with van der Waals surface area (Å²) in [6.07, 6.45) is 4.81. The summed E-state index contributed by atoms with van der Waals surface area (Å²) in [4.78, 5) is 21.4. The molecular formula is C17H25O4+. The number of cyclic esters (lactones) is 1. The second-order valence-corrected chi connectivity index (χ2v) is 7.76. The number of carbonyl (C=O) groups is 1. The number of ether oxygens (including phenoxy) is 2. The minimum Gasteiger partial charge on any atom is -0.462 e. The second-order valence-electron chi connectivity index (χ2n) is 7.76. The molecule has 4 atom stereocenters. The van der Waals surface area contributed by atoms with Crippen molar-refractivity contribution in [1.82, 2.24) is 0 Å². The van der Waals surface area contributed by atoms with Gasteiger partial charge in [-0.1, -0.05) is 26.8 Å². The van der Waals surface area contributed by atoms with Gasteiger partial charge in [-0.15, -0.1) is 0 Å². The van der Waals surface area contributed by atoms with E-state index < -0.39 is 0 Å². The highest BCUT2D eigenvalue weighted by Crippen LogP contribution is 2.61. The third-order valence-corrected chi connectivity index (χ3v) is 5.86. The number of esters is 2. The van der Waals surface area contributed by atoms with Crippen LogP contribution in [-0.4, -0.2) is 29.4 Å². The maximum absolute atomic E-state index is 11.9. The maximum Gasteiger partial charge on any atom is 0.479 e. The first kappa shape index (κ1) is 14.6. The number of allylic oxidation sites excluding steroid dienone is 1. The largest absolute Gasteiger partial charge is 0.479 e. The standard InChI is InChI=1S/C17H24O4/c1-10(18)21-11-7-16(2,3)14-6-5-12-13(9-20-15(12)19)17(14,4)8-11/h5,11,13-14H,6-9H2,1-4H3/p+1. The predicted molar refractivity (Wildman–Crippen MR) is 79.3 cm³/mol. The lowest BCUT2D eigenvalue weighted by Gasteiger charge is -2.55. The van der Waals surface area contributed by atoms with E-state index in [0.717, 1.165) is 24.8 Å². The summed E-state index contributed by atoms with van der Waals surface area (Å²) in [5.74, 6) is 0.550. The van der Waals surface area contributed by atoms with Gasteiger partial charge in [-0.05, 0) is 23.2 Å². The van der Waals surface area contributed by atoms with Crippen LogP contribution < -0.4 is 0 Å². The highest BCUT2D eigenvalue weighted by molar-refractivity contribution is 5.91. The molecule has 116 valence electrons. The van der Waals surface area contributed by atoms with Crippen LogP contribution in [0.4, 0.5) is 0 Å². The average molecular weight is 293 g/mol. The summed E-state index contributed by atoms with van der Waals surface area (Å²) in [6.45, 7) is 8.88. The smallest absolute Gasteiger partial charge is 0.462 e. The molecule has 1 aliphatic heterocycles. The summed E-state index contributed by atoms with van der Waals surface area (Å²) in [7, 11) is 0. The molecule has 2 fully saturated rings. The molecule has 3 aliphatic rings. The van der Waals surface area contributed by atoms with Gasteiger partial charge in [0, 0.05) is 24.3 Å². The monoisotopic (exact) mass is 293 g/mol. The van der Waals surface area contributed by atoms with Crippen molar-refractivity contribution in [2.45, 2.75) is 53.1 Å². The van der Waals surface area contributed by atoms with E-state index in [1.54, 1.807) is 6.92 Å². The fourth-order valence-corrected chi connectivity index (χ4v) is 5.11. The molecule has 1 saturated carbocycles. The fraction of sp³-hybridized carbons (Fsp3) is 0.765. The van der Waals surface area contributed by atoms with Gasteiger partial charge in [0.2, 0.25) is 0 Å². The molecule has 0 aromatic rings. The minimum absolute atomic E-state index is 0.00121. The first-order chi connectivity index (χ1) is 9.74. The van der Waals surface area contributed by atoms with Gasteiger partial charge >= 0.3 is 11.9 Å². The molecule has 0 aromatic heterocycles. The zero-order chi connectivity index (χ0) is 15.4. The molecule has 2 aliphatic carbocycles. The summed E-state index contributed by atoms with van der Waals surface area (Å²) in [5.41, 5.74) is 0.953. The molecule has 0 amide bonds. The quantitative estimate of drug-likeness (QED) is 0.552. The van der Waals surface area contributed by atoms with Crippen LogP contribution in [0.15, 0.2) is 11.6 Å². The molecule has 1 heterocycles. The van der Waals surface area contributed by atoms with Crippen molar-refractivity contribution in [1.29, 1.82) is 0 Å². The summed E-state index contributed by atoms with van der Waals surface area (Å²) >= 11 is 0. The number of hydrogen-bond acceptors (Lipinski definition) is 3. The summed E-state index contributed by atoms with van der Waals surface area (Å²) in [5, 5.41) is 0.